The minimum atomic E-state index is -0.501. The number of nitrogens with zero attached hydrogens (tertiary/aromatic N) is 4. The van der Waals surface area contributed by atoms with Crippen LogP contribution in [0.4, 0.5) is 5.69 Å². The molecule has 0 aliphatic carbocycles. The zero-order chi connectivity index (χ0) is 18.8. The van der Waals surface area contributed by atoms with Crippen LogP contribution in [0, 0.1) is 0 Å². The van der Waals surface area contributed by atoms with E-state index in [1.54, 1.807) is 22.9 Å². The van der Waals surface area contributed by atoms with Gasteiger partial charge in [0.2, 0.25) is 0 Å². The Morgan fingerprint density at radius 2 is 1.96 bits per heavy atom. The first kappa shape index (κ1) is 18.8. The van der Waals surface area contributed by atoms with Crippen molar-refractivity contribution in [2.45, 2.75) is 19.9 Å². The van der Waals surface area contributed by atoms with E-state index in [-0.39, 0.29) is 10.0 Å². The van der Waals surface area contributed by atoms with E-state index in [9.17, 15) is 4.79 Å². The van der Waals surface area contributed by atoms with Gasteiger partial charge in [0, 0.05) is 25.4 Å². The third-order valence-electron chi connectivity index (χ3n) is 3.87. The summed E-state index contributed by atoms with van der Waals surface area (Å²) in [6.45, 7) is 2.66. The molecule has 0 saturated carbocycles. The third-order valence-corrected chi connectivity index (χ3v) is 4.93. The van der Waals surface area contributed by atoms with Gasteiger partial charge in [-0.15, -0.1) is 0 Å². The first-order chi connectivity index (χ1) is 12.4. The Bertz CT molecular complexity index is 1010. The van der Waals surface area contributed by atoms with E-state index >= 15 is 0 Å². The quantitative estimate of drug-likeness (QED) is 0.685. The first-order valence-corrected chi connectivity index (χ1v) is 9.02. The molecule has 0 saturated heterocycles. The summed E-state index contributed by atoms with van der Waals surface area (Å²) >= 11 is 18.1. The second kappa shape index (κ2) is 7.70. The monoisotopic (exact) mass is 411 g/mol. The SMILES string of the molecule is CCc1nn(C)cc1CNc1ccc(-n2ncc(Cl)c(Cl)c2=O)cc1Cl. The third kappa shape index (κ3) is 3.72. The van der Waals surface area contributed by atoms with Crippen LogP contribution in [0.1, 0.15) is 18.2 Å². The molecule has 3 rings (SSSR count). The molecule has 136 valence electrons. The van der Waals surface area contributed by atoms with E-state index in [2.05, 4.69) is 22.4 Å². The Morgan fingerprint density at radius 1 is 1.19 bits per heavy atom. The van der Waals surface area contributed by atoms with Crippen LogP contribution in [-0.2, 0) is 20.0 Å². The lowest BCUT2D eigenvalue weighted by molar-refractivity contribution is 0.746. The predicted molar refractivity (Wildman–Crippen MR) is 105 cm³/mol. The van der Waals surface area contributed by atoms with E-state index in [0.29, 0.717) is 17.3 Å². The number of rotatable bonds is 5. The van der Waals surface area contributed by atoms with Crippen LogP contribution in [0.5, 0.6) is 0 Å². The summed E-state index contributed by atoms with van der Waals surface area (Å²) in [6, 6.07) is 5.17. The molecule has 2 aromatic heterocycles. The zero-order valence-electron chi connectivity index (χ0n) is 14.1. The average molecular weight is 413 g/mol. The first-order valence-electron chi connectivity index (χ1n) is 7.89. The number of halogens is 3. The number of hydrogen-bond donors (Lipinski definition) is 1. The summed E-state index contributed by atoms with van der Waals surface area (Å²) in [6.07, 6.45) is 4.16. The normalized spacial score (nSPS) is 11.0. The number of benzene rings is 1. The molecule has 26 heavy (non-hydrogen) atoms. The molecule has 0 fully saturated rings. The van der Waals surface area contributed by atoms with E-state index in [0.717, 1.165) is 28.0 Å². The van der Waals surface area contributed by atoms with Gasteiger partial charge < -0.3 is 5.32 Å². The van der Waals surface area contributed by atoms with Crippen LogP contribution in [0.15, 0.2) is 35.4 Å². The molecular formula is C17H16Cl3N5O. The number of hydrogen-bond acceptors (Lipinski definition) is 4. The van der Waals surface area contributed by atoms with Crippen LogP contribution in [0.3, 0.4) is 0 Å². The minimum absolute atomic E-state index is 0.0799. The van der Waals surface area contributed by atoms with Gasteiger partial charge in [-0.2, -0.15) is 14.9 Å². The molecule has 3 aromatic rings. The molecule has 2 heterocycles. The maximum Gasteiger partial charge on any atom is 0.291 e. The number of anilines is 1. The molecule has 0 spiro atoms. The van der Waals surface area contributed by atoms with Crippen molar-refractivity contribution in [3.05, 3.63) is 67.3 Å². The Morgan fingerprint density at radius 3 is 2.65 bits per heavy atom. The predicted octanol–water partition coefficient (Wildman–Crippen LogP) is 4.10. The highest BCUT2D eigenvalue weighted by atomic mass is 35.5. The minimum Gasteiger partial charge on any atom is -0.380 e. The van der Waals surface area contributed by atoms with Gasteiger partial charge in [-0.25, -0.2) is 0 Å². The van der Waals surface area contributed by atoms with E-state index in [4.69, 9.17) is 34.8 Å². The summed E-state index contributed by atoms with van der Waals surface area (Å²) in [5.41, 5.74) is 2.89. The number of nitrogens with one attached hydrogen (secondary N) is 1. The van der Waals surface area contributed by atoms with Gasteiger partial charge in [0.25, 0.3) is 5.56 Å². The molecule has 1 N–H and O–H groups in total. The van der Waals surface area contributed by atoms with Gasteiger partial charge in [-0.3, -0.25) is 9.48 Å². The van der Waals surface area contributed by atoms with Crippen LogP contribution in [-0.4, -0.2) is 19.6 Å². The van der Waals surface area contributed by atoms with Gasteiger partial charge in [0.05, 0.1) is 33.3 Å². The molecule has 0 amide bonds. The van der Waals surface area contributed by atoms with Crippen molar-refractivity contribution in [3.63, 3.8) is 0 Å². The fourth-order valence-electron chi connectivity index (χ4n) is 2.60. The molecule has 9 heteroatoms. The summed E-state index contributed by atoms with van der Waals surface area (Å²) in [5, 5.41) is 12.2. The molecule has 0 atom stereocenters. The molecule has 0 radical (unpaired) electrons. The second-order valence-corrected chi connectivity index (χ2v) is 6.86. The van der Waals surface area contributed by atoms with Gasteiger partial charge in [0.1, 0.15) is 5.02 Å². The Kier molecular flexibility index (Phi) is 5.55. The van der Waals surface area contributed by atoms with Gasteiger partial charge in [-0.1, -0.05) is 41.7 Å². The van der Waals surface area contributed by atoms with E-state index in [1.165, 1.54) is 6.20 Å². The standard InChI is InChI=1S/C17H16Cl3N5O/c1-3-14-10(9-24(2)23-14)7-21-15-5-4-11(6-12(15)18)25-17(26)16(20)13(19)8-22-25/h4-6,8-9,21H,3,7H2,1-2H3. The van der Waals surface area contributed by atoms with Crippen molar-refractivity contribution in [1.29, 1.82) is 0 Å². The molecule has 0 aliphatic heterocycles. The number of aryl methyl sites for hydroxylation is 2. The topological polar surface area (TPSA) is 64.7 Å². The molecule has 6 nitrogen and oxygen atoms in total. The van der Waals surface area contributed by atoms with E-state index in [1.807, 2.05) is 13.2 Å². The van der Waals surface area contributed by atoms with Gasteiger partial charge in [0.15, 0.2) is 0 Å². The zero-order valence-corrected chi connectivity index (χ0v) is 16.4. The van der Waals surface area contributed by atoms with Crippen molar-refractivity contribution in [2.24, 2.45) is 7.05 Å². The Balaban J connectivity index is 1.84. The molecule has 0 bridgehead atoms. The lowest BCUT2D eigenvalue weighted by Crippen LogP contribution is -2.21. The highest BCUT2D eigenvalue weighted by molar-refractivity contribution is 6.41. The van der Waals surface area contributed by atoms with Crippen LogP contribution < -0.4 is 10.9 Å². The Labute approximate surface area is 165 Å². The number of aromatic nitrogens is 4. The highest BCUT2D eigenvalue weighted by Gasteiger charge is 2.11. The van der Waals surface area contributed by atoms with E-state index < -0.39 is 5.56 Å². The van der Waals surface area contributed by atoms with Crippen molar-refractivity contribution in [3.8, 4) is 5.69 Å². The van der Waals surface area contributed by atoms with Crippen molar-refractivity contribution in [2.75, 3.05) is 5.32 Å². The van der Waals surface area contributed by atoms with Crippen LogP contribution in [0.2, 0.25) is 15.1 Å². The molecule has 0 aliphatic rings. The summed E-state index contributed by atoms with van der Waals surface area (Å²) < 4.78 is 2.95. The summed E-state index contributed by atoms with van der Waals surface area (Å²) in [5.74, 6) is 0. The molecule has 0 unspecified atom stereocenters. The molecule has 1 aromatic carbocycles. The van der Waals surface area contributed by atoms with Crippen LogP contribution in [0.25, 0.3) is 5.69 Å². The molecular weight excluding hydrogens is 397 g/mol. The average Bonchev–Trinajstić information content (AvgIpc) is 2.98. The van der Waals surface area contributed by atoms with Gasteiger partial charge in [-0.05, 0) is 24.6 Å². The smallest absolute Gasteiger partial charge is 0.291 e. The highest BCUT2D eigenvalue weighted by Crippen LogP contribution is 2.25. The van der Waals surface area contributed by atoms with Crippen molar-refractivity contribution in [1.82, 2.24) is 19.6 Å². The fourth-order valence-corrected chi connectivity index (χ4v) is 3.09. The van der Waals surface area contributed by atoms with Gasteiger partial charge >= 0.3 is 0 Å². The fraction of sp³-hybridized carbons (Fsp3) is 0.235. The van der Waals surface area contributed by atoms with Crippen molar-refractivity contribution >= 4 is 40.5 Å². The second-order valence-electron chi connectivity index (χ2n) is 5.67. The lowest BCUT2D eigenvalue weighted by atomic mass is 10.2. The summed E-state index contributed by atoms with van der Waals surface area (Å²) in [4.78, 5) is 12.2. The maximum absolute atomic E-state index is 12.2. The largest absolute Gasteiger partial charge is 0.380 e. The van der Waals surface area contributed by atoms with Crippen LogP contribution >= 0.6 is 34.8 Å². The maximum atomic E-state index is 12.2. The Hall–Kier alpha value is -2.02. The lowest BCUT2D eigenvalue weighted by Gasteiger charge is -2.11. The van der Waals surface area contributed by atoms with Crippen molar-refractivity contribution < 1.29 is 0 Å². The summed E-state index contributed by atoms with van der Waals surface area (Å²) in [7, 11) is 1.90.